The SMILES string of the molecule is Oc1nc(O)c2cnc(-c3cccc4cccc(F)c34)c(F)c2n1. The van der Waals surface area contributed by atoms with Crippen LogP contribution in [0.25, 0.3) is 32.9 Å². The highest BCUT2D eigenvalue weighted by Gasteiger charge is 2.19. The summed E-state index contributed by atoms with van der Waals surface area (Å²) in [6, 6.07) is 8.71. The van der Waals surface area contributed by atoms with Gasteiger partial charge in [0.05, 0.1) is 5.39 Å². The van der Waals surface area contributed by atoms with Crippen molar-refractivity contribution in [2.45, 2.75) is 0 Å². The molecule has 7 heteroatoms. The lowest BCUT2D eigenvalue weighted by atomic mass is 10.0. The number of aromatic hydroxyl groups is 2. The summed E-state index contributed by atoms with van der Waals surface area (Å²) >= 11 is 0. The maximum Gasteiger partial charge on any atom is 0.317 e. The van der Waals surface area contributed by atoms with Crippen LogP contribution < -0.4 is 0 Å². The van der Waals surface area contributed by atoms with E-state index >= 15 is 0 Å². The van der Waals surface area contributed by atoms with Gasteiger partial charge in [0.1, 0.15) is 17.0 Å². The molecule has 0 saturated heterocycles. The number of hydrogen-bond acceptors (Lipinski definition) is 5. The van der Waals surface area contributed by atoms with Crippen LogP contribution in [0.4, 0.5) is 8.78 Å². The van der Waals surface area contributed by atoms with Crippen molar-refractivity contribution in [3.8, 4) is 23.1 Å². The maximum atomic E-state index is 14.9. The molecule has 2 heterocycles. The maximum absolute atomic E-state index is 14.9. The summed E-state index contributed by atoms with van der Waals surface area (Å²) in [5, 5.41) is 19.8. The van der Waals surface area contributed by atoms with Crippen LogP contribution in [0.1, 0.15) is 0 Å². The second-order valence-electron chi connectivity index (χ2n) is 5.17. The number of nitrogens with zero attached hydrogens (tertiary/aromatic N) is 3. The molecule has 0 unspecified atom stereocenters. The summed E-state index contributed by atoms with van der Waals surface area (Å²) in [7, 11) is 0. The minimum atomic E-state index is -0.878. The molecule has 2 aromatic heterocycles. The van der Waals surface area contributed by atoms with E-state index < -0.39 is 23.5 Å². The van der Waals surface area contributed by atoms with Crippen LogP contribution in [0.5, 0.6) is 11.9 Å². The summed E-state index contributed by atoms with van der Waals surface area (Å²) in [5.74, 6) is -1.96. The molecule has 118 valence electrons. The molecule has 2 aromatic carbocycles. The van der Waals surface area contributed by atoms with Crippen molar-refractivity contribution in [1.29, 1.82) is 0 Å². The molecule has 0 aliphatic rings. The van der Waals surface area contributed by atoms with Crippen LogP contribution in [0.15, 0.2) is 42.6 Å². The van der Waals surface area contributed by atoms with Gasteiger partial charge < -0.3 is 10.2 Å². The second kappa shape index (κ2) is 5.09. The third-order valence-electron chi connectivity index (χ3n) is 3.76. The fourth-order valence-electron chi connectivity index (χ4n) is 2.71. The Morgan fingerprint density at radius 3 is 2.46 bits per heavy atom. The molecule has 4 aromatic rings. The Hall–Kier alpha value is -3.35. The average molecular weight is 325 g/mol. The number of benzene rings is 2. The summed E-state index contributed by atoms with van der Waals surface area (Å²) in [6.07, 6.45) is 1.18. The fraction of sp³-hybridized carbons (Fsp3) is 0. The van der Waals surface area contributed by atoms with E-state index in [9.17, 15) is 19.0 Å². The summed E-state index contributed by atoms with van der Waals surface area (Å²) < 4.78 is 29.1. The topological polar surface area (TPSA) is 79.1 Å². The number of fused-ring (bicyclic) bond motifs is 2. The second-order valence-corrected chi connectivity index (χ2v) is 5.17. The average Bonchev–Trinajstić information content (AvgIpc) is 2.56. The van der Waals surface area contributed by atoms with Crippen molar-refractivity contribution in [2.75, 3.05) is 0 Å². The highest BCUT2D eigenvalue weighted by molar-refractivity contribution is 5.98. The zero-order valence-corrected chi connectivity index (χ0v) is 12.0. The van der Waals surface area contributed by atoms with Crippen molar-refractivity contribution in [1.82, 2.24) is 15.0 Å². The van der Waals surface area contributed by atoms with E-state index in [4.69, 9.17) is 0 Å². The van der Waals surface area contributed by atoms with Crippen LogP contribution in [0.2, 0.25) is 0 Å². The van der Waals surface area contributed by atoms with E-state index in [-0.39, 0.29) is 27.5 Å². The Morgan fingerprint density at radius 1 is 0.917 bits per heavy atom. The zero-order chi connectivity index (χ0) is 16.8. The van der Waals surface area contributed by atoms with Gasteiger partial charge in [0.25, 0.3) is 0 Å². The summed E-state index contributed by atoms with van der Waals surface area (Å²) in [5.41, 5.74) is -0.170. The molecule has 4 rings (SSSR count). The van der Waals surface area contributed by atoms with Crippen LogP contribution in [-0.4, -0.2) is 25.2 Å². The number of aromatic nitrogens is 3. The first-order chi connectivity index (χ1) is 11.6. The molecule has 0 radical (unpaired) electrons. The molecule has 2 N–H and O–H groups in total. The Kier molecular flexibility index (Phi) is 3.02. The van der Waals surface area contributed by atoms with Crippen molar-refractivity contribution >= 4 is 21.7 Å². The standard InChI is InChI=1S/C17H9F2N3O2/c18-11-6-2-4-8-3-1-5-9(12(8)11)14-13(19)15-10(7-20-14)16(23)22-17(24)21-15/h1-7H,(H2,21,22,23,24). The van der Waals surface area contributed by atoms with E-state index in [1.165, 1.54) is 12.3 Å². The van der Waals surface area contributed by atoms with Gasteiger partial charge in [0, 0.05) is 17.1 Å². The molecule has 0 amide bonds. The van der Waals surface area contributed by atoms with E-state index in [0.717, 1.165) is 0 Å². The monoisotopic (exact) mass is 325 g/mol. The molecule has 0 fully saturated rings. The highest BCUT2D eigenvalue weighted by Crippen LogP contribution is 2.34. The van der Waals surface area contributed by atoms with Crippen LogP contribution >= 0.6 is 0 Å². The number of rotatable bonds is 1. The molecule has 0 atom stereocenters. The normalized spacial score (nSPS) is 11.2. The molecule has 0 spiro atoms. The Labute approximate surface area is 133 Å². The van der Waals surface area contributed by atoms with Gasteiger partial charge >= 0.3 is 6.01 Å². The van der Waals surface area contributed by atoms with E-state index in [0.29, 0.717) is 5.39 Å². The number of pyridine rings is 1. The lowest BCUT2D eigenvalue weighted by molar-refractivity contribution is 0.402. The van der Waals surface area contributed by atoms with Crippen molar-refractivity contribution in [2.24, 2.45) is 0 Å². The Bertz CT molecular complexity index is 1110. The van der Waals surface area contributed by atoms with Gasteiger partial charge in [-0.15, -0.1) is 0 Å². The van der Waals surface area contributed by atoms with Crippen molar-refractivity contribution in [3.05, 3.63) is 54.2 Å². The quantitative estimate of drug-likeness (QED) is 0.560. The molecular weight excluding hydrogens is 316 g/mol. The fourth-order valence-corrected chi connectivity index (χ4v) is 2.71. The molecule has 24 heavy (non-hydrogen) atoms. The molecule has 0 aliphatic carbocycles. The number of hydrogen-bond donors (Lipinski definition) is 2. The van der Waals surface area contributed by atoms with Crippen LogP contribution in [0, 0.1) is 11.6 Å². The zero-order valence-electron chi connectivity index (χ0n) is 12.0. The minimum absolute atomic E-state index is 0.0465. The van der Waals surface area contributed by atoms with Gasteiger partial charge in [0.15, 0.2) is 5.82 Å². The van der Waals surface area contributed by atoms with Gasteiger partial charge in [-0.1, -0.05) is 30.3 Å². The molecule has 0 bridgehead atoms. The van der Waals surface area contributed by atoms with Crippen molar-refractivity contribution < 1.29 is 19.0 Å². The predicted molar refractivity (Wildman–Crippen MR) is 83.5 cm³/mol. The summed E-state index contributed by atoms with van der Waals surface area (Å²) in [4.78, 5) is 10.9. The summed E-state index contributed by atoms with van der Waals surface area (Å²) in [6.45, 7) is 0. The van der Waals surface area contributed by atoms with E-state index in [2.05, 4.69) is 15.0 Å². The van der Waals surface area contributed by atoms with Gasteiger partial charge in [-0.3, -0.25) is 4.98 Å². The molecule has 5 nitrogen and oxygen atoms in total. The largest absolute Gasteiger partial charge is 0.493 e. The Balaban J connectivity index is 2.10. The first-order valence-electron chi connectivity index (χ1n) is 6.98. The predicted octanol–water partition coefficient (Wildman–Crippen LogP) is 3.53. The van der Waals surface area contributed by atoms with Gasteiger partial charge in [-0.05, 0) is 11.5 Å². The van der Waals surface area contributed by atoms with Gasteiger partial charge in [-0.25, -0.2) is 8.78 Å². The van der Waals surface area contributed by atoms with E-state index in [1.54, 1.807) is 30.3 Å². The molecular formula is C17H9F2N3O2. The van der Waals surface area contributed by atoms with Gasteiger partial charge in [0.2, 0.25) is 5.88 Å². The molecule has 0 aliphatic heterocycles. The first-order valence-corrected chi connectivity index (χ1v) is 6.98. The molecule has 0 saturated carbocycles. The third-order valence-corrected chi connectivity index (χ3v) is 3.76. The number of halogens is 2. The van der Waals surface area contributed by atoms with Crippen LogP contribution in [0.3, 0.4) is 0 Å². The lowest BCUT2D eigenvalue weighted by Gasteiger charge is -2.10. The van der Waals surface area contributed by atoms with E-state index in [1.807, 2.05) is 0 Å². The van der Waals surface area contributed by atoms with Crippen molar-refractivity contribution in [3.63, 3.8) is 0 Å². The first kappa shape index (κ1) is 14.3. The van der Waals surface area contributed by atoms with Crippen LogP contribution in [-0.2, 0) is 0 Å². The minimum Gasteiger partial charge on any atom is -0.493 e. The smallest absolute Gasteiger partial charge is 0.317 e. The third kappa shape index (κ3) is 2.02. The Morgan fingerprint density at radius 2 is 1.67 bits per heavy atom. The lowest BCUT2D eigenvalue weighted by Crippen LogP contribution is -1.96. The highest BCUT2D eigenvalue weighted by atomic mass is 19.1. The van der Waals surface area contributed by atoms with Gasteiger partial charge in [-0.2, -0.15) is 9.97 Å².